The number of alkyl halides is 2. The lowest BCUT2D eigenvalue weighted by Gasteiger charge is -2.34. The van der Waals surface area contributed by atoms with Crippen LogP contribution in [0.1, 0.15) is 60.6 Å². The molecule has 36 heavy (non-hydrogen) atoms. The Kier molecular flexibility index (Phi) is 7.22. The lowest BCUT2D eigenvalue weighted by atomic mass is 9.93. The number of likely N-dealkylation sites (tertiary alicyclic amines) is 1. The lowest BCUT2D eigenvalue weighted by molar-refractivity contribution is -0.128. The predicted octanol–water partition coefficient (Wildman–Crippen LogP) is 5.95. The number of imidazole rings is 1. The molecule has 0 unspecified atom stereocenters. The molecule has 188 valence electrons. The summed E-state index contributed by atoms with van der Waals surface area (Å²) < 4.78 is 27.9. The van der Waals surface area contributed by atoms with Crippen molar-refractivity contribution in [3.05, 3.63) is 57.8 Å². The van der Waals surface area contributed by atoms with E-state index in [0.29, 0.717) is 31.0 Å². The number of allylic oxidation sites excluding steroid dienone is 1. The van der Waals surface area contributed by atoms with Crippen molar-refractivity contribution in [1.82, 2.24) is 14.5 Å². The maximum atomic E-state index is 13.2. The van der Waals surface area contributed by atoms with Crippen molar-refractivity contribution in [3.8, 4) is 6.07 Å². The molecule has 0 saturated carbocycles. The number of nitrogens with zero attached hydrogens (tertiary/aromatic N) is 4. The molecule has 0 aliphatic carbocycles. The molecule has 3 aromatic rings. The summed E-state index contributed by atoms with van der Waals surface area (Å²) in [7, 11) is 0. The first-order chi connectivity index (χ1) is 17.1. The normalized spacial score (nSPS) is 16.9. The minimum absolute atomic E-state index is 0.111. The third-order valence-electron chi connectivity index (χ3n) is 5.86. The number of halogens is 2. The third-order valence-corrected chi connectivity index (χ3v) is 6.96. The van der Waals surface area contributed by atoms with E-state index in [1.807, 2.05) is 55.7 Å². The molecule has 0 radical (unpaired) electrons. The van der Waals surface area contributed by atoms with Crippen LogP contribution in [0, 0.1) is 16.7 Å². The Labute approximate surface area is 212 Å². The number of carbonyl (C=O) groups excluding carboxylic acids is 2. The number of nitrogens with one attached hydrogen (secondary N) is 1. The van der Waals surface area contributed by atoms with Gasteiger partial charge in [0.2, 0.25) is 5.95 Å². The highest BCUT2D eigenvalue weighted by molar-refractivity contribution is 7.14. The molecule has 1 atom stereocenters. The predicted molar refractivity (Wildman–Crippen MR) is 135 cm³/mol. The van der Waals surface area contributed by atoms with E-state index in [-0.39, 0.29) is 32.7 Å². The summed E-state index contributed by atoms with van der Waals surface area (Å²) in [6.45, 7) is 6.67. The molecule has 2 aromatic heterocycles. The van der Waals surface area contributed by atoms with E-state index in [9.17, 15) is 23.6 Å². The van der Waals surface area contributed by atoms with Crippen LogP contribution >= 0.6 is 11.3 Å². The van der Waals surface area contributed by atoms with Gasteiger partial charge in [-0.25, -0.2) is 13.8 Å². The summed E-state index contributed by atoms with van der Waals surface area (Å²) >= 11 is 0.742. The van der Waals surface area contributed by atoms with Gasteiger partial charge in [-0.1, -0.05) is 39.0 Å². The molecular formula is C26H27F2N5O2S. The van der Waals surface area contributed by atoms with Gasteiger partial charge in [0.1, 0.15) is 11.6 Å². The maximum absolute atomic E-state index is 13.2. The number of amides is 2. The molecule has 10 heteroatoms. The van der Waals surface area contributed by atoms with Gasteiger partial charge in [-0.3, -0.25) is 14.9 Å². The highest BCUT2D eigenvalue weighted by atomic mass is 32.1. The SMILES string of the molecule is CC(C)(C)/C=C(\C#N)C(=O)N1CCC[C@@H](n2c(NC(=O)c3ccc(C(F)F)s3)nc3ccccc32)C1. The van der Waals surface area contributed by atoms with Crippen molar-refractivity contribution in [2.45, 2.75) is 46.1 Å². The van der Waals surface area contributed by atoms with Crippen molar-refractivity contribution in [2.24, 2.45) is 5.41 Å². The van der Waals surface area contributed by atoms with Crippen LogP contribution in [-0.4, -0.2) is 39.4 Å². The quantitative estimate of drug-likeness (QED) is 0.339. The summed E-state index contributed by atoms with van der Waals surface area (Å²) in [5.74, 6) is -0.546. The first-order valence-electron chi connectivity index (χ1n) is 11.7. The van der Waals surface area contributed by atoms with E-state index in [1.165, 1.54) is 12.1 Å². The van der Waals surface area contributed by atoms with Gasteiger partial charge in [0.25, 0.3) is 18.2 Å². The Morgan fingerprint density at radius 1 is 1.25 bits per heavy atom. The Morgan fingerprint density at radius 2 is 2.00 bits per heavy atom. The zero-order valence-electron chi connectivity index (χ0n) is 20.3. The van der Waals surface area contributed by atoms with Gasteiger partial charge in [0, 0.05) is 13.1 Å². The van der Waals surface area contributed by atoms with Gasteiger partial charge in [-0.15, -0.1) is 11.3 Å². The second kappa shape index (κ2) is 10.2. The first kappa shape index (κ1) is 25.5. The molecule has 0 spiro atoms. The number of aromatic nitrogens is 2. The van der Waals surface area contributed by atoms with E-state index >= 15 is 0 Å². The average Bonchev–Trinajstić information content (AvgIpc) is 3.47. The number of hydrogen-bond donors (Lipinski definition) is 1. The van der Waals surface area contributed by atoms with Gasteiger partial charge in [0.05, 0.1) is 26.8 Å². The van der Waals surface area contributed by atoms with Crippen LogP contribution in [0.15, 0.2) is 48.0 Å². The fourth-order valence-electron chi connectivity index (χ4n) is 4.35. The fraction of sp³-hybridized carbons (Fsp3) is 0.385. The van der Waals surface area contributed by atoms with Crippen LogP contribution < -0.4 is 5.32 Å². The molecule has 3 heterocycles. The number of benzene rings is 1. The first-order valence-corrected chi connectivity index (χ1v) is 12.5. The zero-order chi connectivity index (χ0) is 26.0. The number of anilines is 1. The molecule has 1 saturated heterocycles. The number of thiophene rings is 1. The van der Waals surface area contributed by atoms with Gasteiger partial charge in [-0.05, 0) is 42.5 Å². The van der Waals surface area contributed by atoms with Crippen molar-refractivity contribution < 1.29 is 18.4 Å². The smallest absolute Gasteiger partial charge is 0.272 e. The third kappa shape index (κ3) is 5.46. The lowest BCUT2D eigenvalue weighted by Crippen LogP contribution is -2.41. The van der Waals surface area contributed by atoms with Crippen LogP contribution in [-0.2, 0) is 4.79 Å². The monoisotopic (exact) mass is 511 g/mol. The van der Waals surface area contributed by atoms with Crippen LogP contribution in [0.2, 0.25) is 0 Å². The standard InChI is InChI=1S/C26H27F2N5O2S/c1-26(2,3)13-16(14-29)24(35)32-12-6-7-17(15-32)33-19-9-5-4-8-18(19)30-25(33)31-23(34)21-11-10-20(36-21)22(27)28/h4-5,8-11,13,17,22H,6-7,12,15H2,1-3H3,(H,30,31,34)/b16-13+/t17-/m1/s1. The molecule has 1 aliphatic rings. The van der Waals surface area contributed by atoms with E-state index in [0.717, 1.165) is 23.3 Å². The molecule has 1 N–H and O–H groups in total. The summed E-state index contributed by atoms with van der Waals surface area (Å²) in [5.41, 5.74) is 1.25. The minimum Gasteiger partial charge on any atom is -0.336 e. The molecule has 1 aliphatic heterocycles. The minimum atomic E-state index is -2.64. The number of rotatable bonds is 5. The Bertz CT molecular complexity index is 1360. The largest absolute Gasteiger partial charge is 0.336 e. The van der Waals surface area contributed by atoms with E-state index < -0.39 is 12.3 Å². The Balaban J connectivity index is 1.64. The van der Waals surface area contributed by atoms with Crippen LogP contribution in [0.25, 0.3) is 11.0 Å². The molecule has 7 nitrogen and oxygen atoms in total. The Hall–Kier alpha value is -3.58. The number of piperidine rings is 1. The number of para-hydroxylation sites is 2. The zero-order valence-corrected chi connectivity index (χ0v) is 21.1. The Morgan fingerprint density at radius 3 is 2.67 bits per heavy atom. The number of hydrogen-bond acceptors (Lipinski definition) is 5. The molecule has 0 bridgehead atoms. The highest BCUT2D eigenvalue weighted by Gasteiger charge is 2.30. The number of carbonyl (C=O) groups is 2. The molecule has 2 amide bonds. The molecular weight excluding hydrogens is 484 g/mol. The van der Waals surface area contributed by atoms with Crippen LogP contribution in [0.5, 0.6) is 0 Å². The van der Waals surface area contributed by atoms with Crippen LogP contribution in [0.3, 0.4) is 0 Å². The van der Waals surface area contributed by atoms with E-state index in [4.69, 9.17) is 0 Å². The topological polar surface area (TPSA) is 91.0 Å². The summed E-state index contributed by atoms with van der Waals surface area (Å²) in [4.78, 5) is 32.3. The van der Waals surface area contributed by atoms with Gasteiger partial charge >= 0.3 is 0 Å². The number of fused-ring (bicyclic) bond motifs is 1. The second-order valence-electron chi connectivity index (χ2n) is 9.83. The highest BCUT2D eigenvalue weighted by Crippen LogP contribution is 2.32. The maximum Gasteiger partial charge on any atom is 0.272 e. The van der Waals surface area contributed by atoms with Crippen molar-refractivity contribution >= 4 is 40.1 Å². The van der Waals surface area contributed by atoms with Crippen molar-refractivity contribution in [3.63, 3.8) is 0 Å². The van der Waals surface area contributed by atoms with Crippen LogP contribution in [0.4, 0.5) is 14.7 Å². The molecule has 4 rings (SSSR count). The summed E-state index contributed by atoms with van der Waals surface area (Å²) in [6, 6.07) is 11.9. The van der Waals surface area contributed by atoms with E-state index in [1.54, 1.807) is 11.0 Å². The summed E-state index contributed by atoms with van der Waals surface area (Å²) in [6.07, 6.45) is 0.503. The second-order valence-corrected chi connectivity index (χ2v) is 10.9. The molecule has 1 aromatic carbocycles. The van der Waals surface area contributed by atoms with Crippen molar-refractivity contribution in [2.75, 3.05) is 18.4 Å². The number of nitriles is 1. The fourth-order valence-corrected chi connectivity index (χ4v) is 5.11. The van der Waals surface area contributed by atoms with E-state index in [2.05, 4.69) is 10.3 Å². The molecule has 1 fully saturated rings. The van der Waals surface area contributed by atoms with Crippen molar-refractivity contribution in [1.29, 1.82) is 5.26 Å². The average molecular weight is 512 g/mol. The van der Waals surface area contributed by atoms with Gasteiger partial charge in [-0.2, -0.15) is 5.26 Å². The van der Waals surface area contributed by atoms with Gasteiger partial charge in [0.15, 0.2) is 0 Å². The van der Waals surface area contributed by atoms with Gasteiger partial charge < -0.3 is 9.47 Å². The summed E-state index contributed by atoms with van der Waals surface area (Å²) in [5, 5.41) is 12.4.